The second kappa shape index (κ2) is 7.48. The number of carbonyl (C=O) groups is 1. The number of ether oxygens (including phenoxy) is 1. The van der Waals surface area contributed by atoms with Crippen LogP contribution < -0.4 is 4.74 Å². The van der Waals surface area contributed by atoms with Gasteiger partial charge in [0.25, 0.3) is 0 Å². The molecule has 31 heavy (non-hydrogen) atoms. The van der Waals surface area contributed by atoms with Crippen molar-refractivity contribution in [2.75, 3.05) is 26.2 Å². The van der Waals surface area contributed by atoms with Gasteiger partial charge in [-0.2, -0.15) is 0 Å². The van der Waals surface area contributed by atoms with E-state index in [1.54, 1.807) is 0 Å². The molecule has 168 valence electrons. The quantitative estimate of drug-likeness (QED) is 0.805. The largest absolute Gasteiger partial charge is 0.487 e. The van der Waals surface area contributed by atoms with Crippen LogP contribution >= 0.6 is 0 Å². The van der Waals surface area contributed by atoms with Crippen molar-refractivity contribution in [3.8, 4) is 5.75 Å². The van der Waals surface area contributed by atoms with E-state index in [1.165, 1.54) is 37.9 Å². The number of aryl methyl sites for hydroxylation is 1. The topological polar surface area (TPSA) is 53.0 Å². The predicted molar refractivity (Wildman–Crippen MR) is 119 cm³/mol. The highest BCUT2D eigenvalue weighted by Crippen LogP contribution is 2.49. The number of carbonyl (C=O) groups excluding carboxylic acids is 1. The number of aliphatic hydroxyl groups is 1. The molecule has 5 nitrogen and oxygen atoms in total. The first-order valence-electron chi connectivity index (χ1n) is 12.6. The minimum Gasteiger partial charge on any atom is -0.487 e. The normalized spacial score (nSPS) is 32.8. The number of benzene rings is 1. The van der Waals surface area contributed by atoms with E-state index in [0.717, 1.165) is 69.0 Å². The van der Waals surface area contributed by atoms with Crippen LogP contribution in [-0.2, 0) is 16.8 Å². The molecule has 1 aromatic carbocycles. The van der Waals surface area contributed by atoms with Gasteiger partial charge in [0, 0.05) is 38.1 Å². The van der Waals surface area contributed by atoms with Gasteiger partial charge in [0.15, 0.2) is 0 Å². The molecule has 1 amide bonds. The van der Waals surface area contributed by atoms with Crippen LogP contribution in [0.15, 0.2) is 18.2 Å². The molecule has 0 aromatic heterocycles. The lowest BCUT2D eigenvalue weighted by molar-refractivity contribution is -0.152. The predicted octanol–water partition coefficient (Wildman–Crippen LogP) is 3.62. The number of nitrogens with zero attached hydrogens (tertiary/aromatic N) is 2. The van der Waals surface area contributed by atoms with Gasteiger partial charge in [-0.1, -0.05) is 12.5 Å². The molecule has 0 unspecified atom stereocenters. The van der Waals surface area contributed by atoms with E-state index in [2.05, 4.69) is 17.0 Å². The first kappa shape index (κ1) is 20.0. The molecule has 3 heterocycles. The van der Waals surface area contributed by atoms with E-state index >= 15 is 0 Å². The maximum atomic E-state index is 12.6. The minimum absolute atomic E-state index is 0.00930. The first-order chi connectivity index (χ1) is 15.0. The second-order valence-corrected chi connectivity index (χ2v) is 10.9. The molecule has 6 rings (SSSR count). The van der Waals surface area contributed by atoms with Crippen molar-refractivity contribution >= 4 is 5.91 Å². The first-order valence-corrected chi connectivity index (χ1v) is 12.6. The van der Waals surface area contributed by atoms with Gasteiger partial charge in [-0.05, 0) is 87.5 Å². The Morgan fingerprint density at radius 2 is 1.74 bits per heavy atom. The van der Waals surface area contributed by atoms with Gasteiger partial charge in [0.05, 0.1) is 5.60 Å². The third kappa shape index (κ3) is 3.48. The van der Waals surface area contributed by atoms with Crippen LogP contribution in [0.25, 0.3) is 0 Å². The fourth-order valence-corrected chi connectivity index (χ4v) is 6.57. The molecule has 5 aliphatic rings. The van der Waals surface area contributed by atoms with E-state index in [0.29, 0.717) is 12.8 Å². The summed E-state index contributed by atoms with van der Waals surface area (Å²) >= 11 is 0. The lowest BCUT2D eigenvalue weighted by Gasteiger charge is -2.48. The smallest absolute Gasteiger partial charge is 0.225 e. The van der Waals surface area contributed by atoms with Gasteiger partial charge in [-0.3, -0.25) is 4.79 Å². The Hall–Kier alpha value is -1.59. The summed E-state index contributed by atoms with van der Waals surface area (Å²) in [6.45, 7) is 4.13. The van der Waals surface area contributed by atoms with E-state index in [4.69, 9.17) is 4.74 Å². The molecule has 2 saturated heterocycles. The number of rotatable bonds is 3. The fraction of sp³-hybridized carbons (Fsp3) is 0.731. The van der Waals surface area contributed by atoms with Crippen molar-refractivity contribution in [1.82, 2.24) is 9.80 Å². The van der Waals surface area contributed by atoms with Crippen LogP contribution in [0.5, 0.6) is 5.75 Å². The van der Waals surface area contributed by atoms with Crippen molar-refractivity contribution in [1.29, 1.82) is 0 Å². The summed E-state index contributed by atoms with van der Waals surface area (Å²) in [5.41, 5.74) is 1.36. The third-order valence-electron chi connectivity index (χ3n) is 9.01. The van der Waals surface area contributed by atoms with Crippen LogP contribution in [0.4, 0.5) is 0 Å². The Morgan fingerprint density at radius 1 is 1.00 bits per heavy atom. The average molecular weight is 425 g/mol. The molecular formula is C26H36N2O3. The summed E-state index contributed by atoms with van der Waals surface area (Å²) in [5, 5.41) is 11.2. The maximum Gasteiger partial charge on any atom is 0.225 e. The highest BCUT2D eigenvalue weighted by molar-refractivity contribution is 5.80. The highest BCUT2D eigenvalue weighted by Gasteiger charge is 2.49. The molecule has 2 saturated carbocycles. The summed E-state index contributed by atoms with van der Waals surface area (Å²) in [7, 11) is 0. The Kier molecular flexibility index (Phi) is 4.84. The zero-order chi connectivity index (χ0) is 21.1. The van der Waals surface area contributed by atoms with Crippen molar-refractivity contribution in [2.45, 2.75) is 87.9 Å². The zero-order valence-corrected chi connectivity index (χ0v) is 18.7. The van der Waals surface area contributed by atoms with Crippen molar-refractivity contribution in [3.05, 3.63) is 29.3 Å². The Bertz CT molecular complexity index is 844. The number of fused-ring (bicyclic) bond motifs is 1. The molecule has 1 aromatic rings. The number of hydrogen-bond donors (Lipinski definition) is 1. The molecule has 1 N–H and O–H groups in total. The molecule has 4 fully saturated rings. The Labute approximate surface area is 185 Å². The molecule has 0 atom stereocenters. The summed E-state index contributed by atoms with van der Waals surface area (Å²) in [4.78, 5) is 17.3. The van der Waals surface area contributed by atoms with Crippen molar-refractivity contribution < 1.29 is 14.6 Å². The van der Waals surface area contributed by atoms with Gasteiger partial charge < -0.3 is 19.6 Å². The van der Waals surface area contributed by atoms with E-state index < -0.39 is 5.60 Å². The summed E-state index contributed by atoms with van der Waals surface area (Å²) in [5.74, 6) is 1.25. The van der Waals surface area contributed by atoms with Crippen LogP contribution in [0, 0.1) is 5.92 Å². The molecule has 1 spiro atoms. The van der Waals surface area contributed by atoms with Gasteiger partial charge in [0.2, 0.25) is 5.91 Å². The monoisotopic (exact) mass is 424 g/mol. The zero-order valence-electron chi connectivity index (χ0n) is 18.7. The van der Waals surface area contributed by atoms with Gasteiger partial charge in [-0.25, -0.2) is 0 Å². The van der Waals surface area contributed by atoms with Crippen molar-refractivity contribution in [2.24, 2.45) is 5.92 Å². The minimum atomic E-state index is -0.849. The van der Waals surface area contributed by atoms with Gasteiger partial charge in [-0.15, -0.1) is 0 Å². The van der Waals surface area contributed by atoms with Crippen LogP contribution in [0.1, 0.15) is 75.3 Å². The van der Waals surface area contributed by atoms with E-state index in [-0.39, 0.29) is 17.4 Å². The standard InChI is InChI=1S/C26H36N2O3/c29-24(28-12-1-2-13-28)20-17-26(30,18-20)21-6-7-23-19(16-21)8-9-25(31-23)10-14-27(15-11-25)22-4-3-5-22/h6-7,16,20,22,30H,1-5,8-15,17-18H2. The molecular weight excluding hydrogens is 388 g/mol. The molecule has 5 heteroatoms. The Morgan fingerprint density at radius 3 is 2.42 bits per heavy atom. The second-order valence-electron chi connectivity index (χ2n) is 10.9. The summed E-state index contributed by atoms with van der Waals surface area (Å²) < 4.78 is 6.62. The highest BCUT2D eigenvalue weighted by atomic mass is 16.5. The molecule has 2 aliphatic carbocycles. The number of amides is 1. The van der Waals surface area contributed by atoms with Gasteiger partial charge in [0.1, 0.15) is 11.4 Å². The van der Waals surface area contributed by atoms with Gasteiger partial charge >= 0.3 is 0 Å². The SMILES string of the molecule is O=C(C1CC(O)(c2ccc3c(c2)CCC2(CCN(C4CCC4)CC2)O3)C1)N1CCCC1. The lowest BCUT2D eigenvalue weighted by Crippen LogP contribution is -2.53. The van der Waals surface area contributed by atoms with E-state index in [9.17, 15) is 9.90 Å². The van der Waals surface area contributed by atoms with Crippen LogP contribution in [0.3, 0.4) is 0 Å². The number of hydrogen-bond acceptors (Lipinski definition) is 4. The molecule has 0 bridgehead atoms. The van der Waals surface area contributed by atoms with E-state index in [1.807, 2.05) is 11.0 Å². The maximum absolute atomic E-state index is 12.6. The van der Waals surface area contributed by atoms with Crippen LogP contribution in [-0.4, -0.2) is 58.6 Å². The average Bonchev–Trinajstić information content (AvgIpc) is 3.26. The molecule has 3 aliphatic heterocycles. The summed E-state index contributed by atoms with van der Waals surface area (Å²) in [6, 6.07) is 7.11. The fourth-order valence-electron chi connectivity index (χ4n) is 6.57. The number of piperidine rings is 1. The molecule has 0 radical (unpaired) electrons. The van der Waals surface area contributed by atoms with Crippen LogP contribution in [0.2, 0.25) is 0 Å². The van der Waals surface area contributed by atoms with Crippen molar-refractivity contribution in [3.63, 3.8) is 0 Å². The summed E-state index contributed by atoms with van der Waals surface area (Å²) in [6.07, 6.45) is 11.9. The lowest BCUT2D eigenvalue weighted by atomic mass is 9.66. The number of likely N-dealkylation sites (tertiary alicyclic amines) is 2. The Balaban J connectivity index is 1.10. The third-order valence-corrected chi connectivity index (χ3v) is 9.01.